The second-order valence-corrected chi connectivity index (χ2v) is 3.51. The van der Waals surface area contributed by atoms with Gasteiger partial charge >= 0.3 is 0 Å². The highest BCUT2D eigenvalue weighted by atomic mass is 127. The minimum Gasteiger partial charge on any atom is -0.254 e. The molecule has 0 aromatic carbocycles. The average Bonchev–Trinajstić information content (AvgIpc) is 2.04. The summed E-state index contributed by atoms with van der Waals surface area (Å²) in [6.45, 7) is 0. The Morgan fingerprint density at radius 1 is 1.62 bits per heavy atom. The molecule has 1 aromatic heterocycles. The van der Waals surface area contributed by atoms with Gasteiger partial charge in [0.05, 0.1) is 12.5 Å². The highest BCUT2D eigenvalue weighted by Crippen LogP contribution is 2.22. The van der Waals surface area contributed by atoms with Crippen LogP contribution in [-0.4, -0.2) is 4.98 Å². The van der Waals surface area contributed by atoms with Gasteiger partial charge in [-0.05, 0) is 34.2 Å². The molecule has 0 radical (unpaired) electrons. The van der Waals surface area contributed by atoms with Crippen molar-refractivity contribution in [3.8, 4) is 6.07 Å². The second-order valence-electron chi connectivity index (χ2n) is 2.35. The van der Waals surface area contributed by atoms with Gasteiger partial charge in [-0.15, -0.1) is 0 Å². The maximum absolute atomic E-state index is 12.2. The lowest BCUT2D eigenvalue weighted by atomic mass is 10.2. The number of hydrogen-bond acceptors (Lipinski definition) is 2. The molecule has 1 aromatic rings. The molecule has 1 rings (SSSR count). The molecule has 0 saturated heterocycles. The smallest absolute Gasteiger partial charge is 0.254 e. The van der Waals surface area contributed by atoms with Crippen LogP contribution in [-0.2, 0) is 6.42 Å². The van der Waals surface area contributed by atoms with E-state index in [0.717, 1.165) is 0 Å². The zero-order valence-corrected chi connectivity index (χ0v) is 8.62. The number of nitriles is 1. The third-order valence-electron chi connectivity index (χ3n) is 1.42. The first-order chi connectivity index (χ1) is 6.15. The largest absolute Gasteiger partial charge is 0.281 e. The quantitative estimate of drug-likeness (QED) is 0.786. The average molecular weight is 294 g/mol. The van der Waals surface area contributed by atoms with Crippen LogP contribution in [0.25, 0.3) is 0 Å². The van der Waals surface area contributed by atoms with Crippen LogP contribution in [0.4, 0.5) is 8.78 Å². The SMILES string of the molecule is N#CCc1cnc(C(F)F)c(I)c1. The van der Waals surface area contributed by atoms with Crippen LogP contribution in [0.5, 0.6) is 0 Å². The summed E-state index contributed by atoms with van der Waals surface area (Å²) < 4.78 is 24.8. The van der Waals surface area contributed by atoms with Crippen LogP contribution in [0.15, 0.2) is 12.3 Å². The first kappa shape index (κ1) is 10.3. The molecule has 0 bridgehead atoms. The molecule has 0 aliphatic heterocycles. The summed E-state index contributed by atoms with van der Waals surface area (Å²) in [7, 11) is 0. The molecule has 0 spiro atoms. The van der Waals surface area contributed by atoms with E-state index >= 15 is 0 Å². The van der Waals surface area contributed by atoms with Crippen molar-refractivity contribution in [3.05, 3.63) is 27.1 Å². The Kier molecular flexibility index (Phi) is 3.54. The van der Waals surface area contributed by atoms with Gasteiger partial charge in [-0.25, -0.2) is 8.78 Å². The third kappa shape index (κ3) is 2.59. The zero-order chi connectivity index (χ0) is 9.84. The minimum absolute atomic E-state index is 0.201. The molecule has 68 valence electrons. The van der Waals surface area contributed by atoms with Crippen LogP contribution < -0.4 is 0 Å². The van der Waals surface area contributed by atoms with Crippen molar-refractivity contribution >= 4 is 22.6 Å². The summed E-state index contributed by atoms with van der Waals surface area (Å²) in [4.78, 5) is 3.59. The van der Waals surface area contributed by atoms with Crippen LogP contribution in [0.2, 0.25) is 0 Å². The number of hydrogen-bond donors (Lipinski definition) is 0. The zero-order valence-electron chi connectivity index (χ0n) is 6.47. The highest BCUT2D eigenvalue weighted by molar-refractivity contribution is 14.1. The van der Waals surface area contributed by atoms with Gasteiger partial charge in [0.25, 0.3) is 6.43 Å². The maximum Gasteiger partial charge on any atom is 0.281 e. The van der Waals surface area contributed by atoms with Crippen molar-refractivity contribution < 1.29 is 8.78 Å². The van der Waals surface area contributed by atoms with Crippen molar-refractivity contribution in [2.24, 2.45) is 0 Å². The molecule has 0 N–H and O–H groups in total. The van der Waals surface area contributed by atoms with Gasteiger partial charge in [0, 0.05) is 9.77 Å². The summed E-state index contributed by atoms with van der Waals surface area (Å²) in [5.41, 5.74) is 0.443. The Hall–Kier alpha value is -0.770. The van der Waals surface area contributed by atoms with E-state index in [-0.39, 0.29) is 12.1 Å². The Labute approximate surface area is 87.7 Å². The monoisotopic (exact) mass is 294 g/mol. The molecule has 0 unspecified atom stereocenters. The van der Waals surface area contributed by atoms with E-state index in [9.17, 15) is 8.78 Å². The third-order valence-corrected chi connectivity index (χ3v) is 2.28. The van der Waals surface area contributed by atoms with Crippen LogP contribution in [0.3, 0.4) is 0 Å². The molecule has 0 fully saturated rings. The Morgan fingerprint density at radius 2 is 2.31 bits per heavy atom. The van der Waals surface area contributed by atoms with E-state index in [1.54, 1.807) is 28.7 Å². The lowest BCUT2D eigenvalue weighted by Gasteiger charge is -2.02. The van der Waals surface area contributed by atoms with E-state index < -0.39 is 6.43 Å². The predicted octanol–water partition coefficient (Wildman–Crippen LogP) is 2.69. The van der Waals surface area contributed by atoms with E-state index in [0.29, 0.717) is 9.13 Å². The normalized spacial score (nSPS) is 10.1. The lowest BCUT2D eigenvalue weighted by molar-refractivity contribution is 0.145. The number of rotatable bonds is 2. The van der Waals surface area contributed by atoms with Crippen molar-refractivity contribution in [2.75, 3.05) is 0 Å². The molecule has 13 heavy (non-hydrogen) atoms. The van der Waals surface area contributed by atoms with Crippen LogP contribution in [0, 0.1) is 14.9 Å². The summed E-state index contributed by atoms with van der Waals surface area (Å²) in [5, 5.41) is 8.36. The van der Waals surface area contributed by atoms with Gasteiger partial charge in [-0.3, -0.25) is 4.98 Å². The first-order valence-electron chi connectivity index (χ1n) is 3.44. The standard InChI is InChI=1S/C8H5F2IN2/c9-8(10)7-6(11)3-5(1-2-12)4-13-7/h3-4,8H,1H2. The molecular weight excluding hydrogens is 289 g/mol. The lowest BCUT2D eigenvalue weighted by Crippen LogP contribution is -1.96. The van der Waals surface area contributed by atoms with Crippen molar-refractivity contribution in [1.82, 2.24) is 4.98 Å². The van der Waals surface area contributed by atoms with Crippen LogP contribution >= 0.6 is 22.6 Å². The molecule has 0 atom stereocenters. The predicted molar refractivity (Wildman–Crippen MR) is 51.2 cm³/mol. The number of pyridine rings is 1. The van der Waals surface area contributed by atoms with Gasteiger partial charge in [0.15, 0.2) is 0 Å². The van der Waals surface area contributed by atoms with Crippen molar-refractivity contribution in [2.45, 2.75) is 12.8 Å². The number of nitrogens with zero attached hydrogens (tertiary/aromatic N) is 2. The van der Waals surface area contributed by atoms with E-state index in [4.69, 9.17) is 5.26 Å². The van der Waals surface area contributed by atoms with E-state index in [1.165, 1.54) is 6.20 Å². The van der Waals surface area contributed by atoms with Gasteiger partial charge in [0.2, 0.25) is 0 Å². The molecule has 0 aliphatic rings. The summed E-state index contributed by atoms with van der Waals surface area (Å²) in [5.74, 6) is 0. The Morgan fingerprint density at radius 3 is 2.77 bits per heavy atom. The second kappa shape index (κ2) is 4.46. The molecular formula is C8H5F2IN2. The van der Waals surface area contributed by atoms with Gasteiger partial charge in [-0.2, -0.15) is 5.26 Å². The highest BCUT2D eigenvalue weighted by Gasteiger charge is 2.13. The Bertz CT molecular complexity index is 346. The molecule has 2 nitrogen and oxygen atoms in total. The number of halogens is 3. The van der Waals surface area contributed by atoms with Gasteiger partial charge in [-0.1, -0.05) is 0 Å². The summed E-state index contributed by atoms with van der Waals surface area (Å²) in [6.07, 6.45) is -1.04. The van der Waals surface area contributed by atoms with Crippen molar-refractivity contribution in [1.29, 1.82) is 5.26 Å². The molecule has 0 amide bonds. The number of alkyl halides is 2. The number of aromatic nitrogens is 1. The summed E-state index contributed by atoms with van der Waals surface area (Å²) >= 11 is 1.79. The Balaban J connectivity index is 3.00. The molecule has 1 heterocycles. The topological polar surface area (TPSA) is 36.7 Å². The maximum atomic E-state index is 12.2. The fourth-order valence-electron chi connectivity index (χ4n) is 0.837. The first-order valence-corrected chi connectivity index (χ1v) is 4.52. The van der Waals surface area contributed by atoms with Crippen LogP contribution in [0.1, 0.15) is 17.7 Å². The van der Waals surface area contributed by atoms with E-state index in [1.807, 2.05) is 6.07 Å². The van der Waals surface area contributed by atoms with Crippen molar-refractivity contribution in [3.63, 3.8) is 0 Å². The fraction of sp³-hybridized carbons (Fsp3) is 0.250. The summed E-state index contributed by atoms with van der Waals surface area (Å²) in [6, 6.07) is 3.48. The molecule has 5 heteroatoms. The minimum atomic E-state index is -2.55. The molecule has 0 saturated carbocycles. The molecule has 0 aliphatic carbocycles. The van der Waals surface area contributed by atoms with E-state index in [2.05, 4.69) is 4.98 Å². The van der Waals surface area contributed by atoms with Gasteiger partial charge in [0.1, 0.15) is 5.69 Å². The van der Waals surface area contributed by atoms with Gasteiger partial charge < -0.3 is 0 Å². The fourth-order valence-corrected chi connectivity index (χ4v) is 1.61.